The van der Waals surface area contributed by atoms with Crippen LogP contribution in [-0.2, 0) is 4.79 Å². The van der Waals surface area contributed by atoms with Crippen LogP contribution in [0.15, 0.2) is 0 Å². The minimum atomic E-state index is -0.339. The van der Waals surface area contributed by atoms with Gasteiger partial charge in [0.1, 0.15) is 6.04 Å². The van der Waals surface area contributed by atoms with Crippen LogP contribution in [0.1, 0.15) is 27.7 Å². The van der Waals surface area contributed by atoms with Crippen LogP contribution in [0.2, 0.25) is 0 Å². The van der Waals surface area contributed by atoms with Crippen LogP contribution in [0.5, 0.6) is 0 Å². The summed E-state index contributed by atoms with van der Waals surface area (Å²) in [6.45, 7) is 7.64. The van der Waals surface area contributed by atoms with Crippen LogP contribution >= 0.6 is 0 Å². The molecule has 13 heavy (non-hydrogen) atoms. The van der Waals surface area contributed by atoms with E-state index in [1.165, 1.54) is 4.90 Å². The third-order valence-electron chi connectivity index (χ3n) is 2.50. The van der Waals surface area contributed by atoms with Gasteiger partial charge < -0.3 is 4.90 Å². The molecule has 1 amide bonds. The average molecular weight is 182 g/mol. The number of nitriles is 1. The molecule has 0 radical (unpaired) electrons. The Bertz CT molecular complexity index is 217. The van der Waals surface area contributed by atoms with Crippen molar-refractivity contribution in [2.75, 3.05) is 7.05 Å². The number of hydrogen-bond donors (Lipinski definition) is 0. The summed E-state index contributed by atoms with van der Waals surface area (Å²) in [5, 5.41) is 8.63. The normalized spacial score (nSPS) is 14.8. The fraction of sp³-hybridized carbons (Fsp3) is 0.800. The van der Waals surface area contributed by atoms with E-state index in [1.807, 2.05) is 26.8 Å². The fourth-order valence-electron chi connectivity index (χ4n) is 0.884. The summed E-state index contributed by atoms with van der Waals surface area (Å²) >= 11 is 0. The predicted octanol–water partition coefficient (Wildman–Crippen LogP) is 1.65. The molecule has 0 aromatic heterocycles. The summed E-state index contributed by atoms with van der Waals surface area (Å²) in [6.07, 6.45) is 0. The quantitative estimate of drug-likeness (QED) is 0.666. The summed E-state index contributed by atoms with van der Waals surface area (Å²) in [4.78, 5) is 13.2. The van der Waals surface area contributed by atoms with Crippen LogP contribution in [0.4, 0.5) is 0 Å². The van der Waals surface area contributed by atoms with Crippen molar-refractivity contribution in [1.82, 2.24) is 4.90 Å². The van der Waals surface area contributed by atoms with E-state index in [4.69, 9.17) is 5.26 Å². The Hall–Kier alpha value is -1.04. The van der Waals surface area contributed by atoms with Gasteiger partial charge >= 0.3 is 0 Å². The van der Waals surface area contributed by atoms with Crippen molar-refractivity contribution in [3.05, 3.63) is 0 Å². The summed E-state index contributed by atoms with van der Waals surface area (Å²) < 4.78 is 0. The average Bonchev–Trinajstić information content (AvgIpc) is 2.12. The van der Waals surface area contributed by atoms with Crippen LogP contribution in [0.25, 0.3) is 0 Å². The molecular formula is C10H18N2O. The van der Waals surface area contributed by atoms with E-state index in [0.717, 1.165) is 0 Å². The number of carbonyl (C=O) groups is 1. The van der Waals surface area contributed by atoms with Crippen LogP contribution in [-0.4, -0.2) is 23.9 Å². The van der Waals surface area contributed by atoms with Gasteiger partial charge in [0.2, 0.25) is 5.91 Å². The van der Waals surface area contributed by atoms with Gasteiger partial charge in [0.15, 0.2) is 0 Å². The van der Waals surface area contributed by atoms with E-state index in [9.17, 15) is 4.79 Å². The van der Waals surface area contributed by atoms with Crippen LogP contribution in [0, 0.1) is 23.2 Å². The molecule has 3 nitrogen and oxygen atoms in total. The second-order valence-electron chi connectivity index (χ2n) is 3.79. The highest BCUT2D eigenvalue weighted by Gasteiger charge is 2.23. The topological polar surface area (TPSA) is 44.1 Å². The zero-order valence-electron chi connectivity index (χ0n) is 9.03. The zero-order valence-corrected chi connectivity index (χ0v) is 9.03. The standard InChI is InChI=1S/C10H18N2O/c1-7(2)9(4)10(13)12(5)8(3)6-11/h7-9H,1-5H3. The molecule has 0 fully saturated rings. The largest absolute Gasteiger partial charge is 0.330 e. The number of carbonyl (C=O) groups excluding carboxylic acids is 1. The Morgan fingerprint density at radius 1 is 1.31 bits per heavy atom. The van der Waals surface area contributed by atoms with Crippen molar-refractivity contribution < 1.29 is 4.79 Å². The van der Waals surface area contributed by atoms with E-state index in [1.54, 1.807) is 14.0 Å². The molecule has 3 heteroatoms. The highest BCUT2D eigenvalue weighted by atomic mass is 16.2. The number of amides is 1. The van der Waals surface area contributed by atoms with Gasteiger partial charge in [0.05, 0.1) is 6.07 Å². The van der Waals surface area contributed by atoms with Crippen molar-refractivity contribution in [3.63, 3.8) is 0 Å². The molecule has 0 bridgehead atoms. The Balaban J connectivity index is 4.36. The maximum Gasteiger partial charge on any atom is 0.226 e. The summed E-state index contributed by atoms with van der Waals surface area (Å²) in [5.41, 5.74) is 0. The molecule has 0 saturated heterocycles. The van der Waals surface area contributed by atoms with Gasteiger partial charge in [-0.3, -0.25) is 4.79 Å². The summed E-state index contributed by atoms with van der Waals surface area (Å²) in [7, 11) is 1.68. The second kappa shape index (κ2) is 4.86. The lowest BCUT2D eigenvalue weighted by molar-refractivity contribution is -0.135. The molecule has 2 unspecified atom stereocenters. The Morgan fingerprint density at radius 2 is 1.77 bits per heavy atom. The van der Waals surface area contributed by atoms with E-state index >= 15 is 0 Å². The zero-order chi connectivity index (χ0) is 10.6. The third kappa shape index (κ3) is 3.06. The van der Waals surface area contributed by atoms with E-state index < -0.39 is 0 Å². The van der Waals surface area contributed by atoms with Gasteiger partial charge in [-0.15, -0.1) is 0 Å². The van der Waals surface area contributed by atoms with Crippen molar-refractivity contribution >= 4 is 5.91 Å². The first kappa shape index (κ1) is 12.0. The molecule has 0 spiro atoms. The third-order valence-corrected chi connectivity index (χ3v) is 2.50. The molecule has 0 aliphatic heterocycles. The first-order chi connectivity index (χ1) is 5.91. The summed E-state index contributed by atoms with van der Waals surface area (Å²) in [5.74, 6) is 0.352. The van der Waals surface area contributed by atoms with Crippen LogP contribution < -0.4 is 0 Å². The lowest BCUT2D eigenvalue weighted by atomic mass is 9.96. The lowest BCUT2D eigenvalue weighted by Gasteiger charge is -2.25. The van der Waals surface area contributed by atoms with Gasteiger partial charge in [0.25, 0.3) is 0 Å². The molecule has 0 rings (SSSR count). The van der Waals surface area contributed by atoms with Gasteiger partial charge in [-0.25, -0.2) is 0 Å². The minimum Gasteiger partial charge on any atom is -0.330 e. The SMILES string of the molecule is CC(C)C(C)C(=O)N(C)C(C)C#N. The predicted molar refractivity (Wildman–Crippen MR) is 51.8 cm³/mol. The van der Waals surface area contributed by atoms with Gasteiger partial charge in [-0.2, -0.15) is 5.26 Å². The fourth-order valence-corrected chi connectivity index (χ4v) is 0.884. The molecule has 0 aliphatic carbocycles. The second-order valence-corrected chi connectivity index (χ2v) is 3.79. The number of nitrogens with zero attached hydrogens (tertiary/aromatic N) is 2. The molecule has 0 aromatic carbocycles. The molecule has 74 valence electrons. The summed E-state index contributed by atoms with van der Waals surface area (Å²) in [6, 6.07) is 1.71. The number of rotatable bonds is 3. The minimum absolute atomic E-state index is 0.0131. The molecule has 0 aromatic rings. The first-order valence-electron chi connectivity index (χ1n) is 4.58. The van der Waals surface area contributed by atoms with Crippen molar-refractivity contribution in [3.8, 4) is 6.07 Å². The lowest BCUT2D eigenvalue weighted by Crippen LogP contribution is -2.39. The molecule has 0 heterocycles. The highest BCUT2D eigenvalue weighted by molar-refractivity contribution is 5.79. The van der Waals surface area contributed by atoms with Crippen LogP contribution in [0.3, 0.4) is 0 Å². The van der Waals surface area contributed by atoms with Crippen molar-refractivity contribution in [2.24, 2.45) is 11.8 Å². The molecule has 2 atom stereocenters. The monoisotopic (exact) mass is 182 g/mol. The molecule has 0 saturated carbocycles. The van der Waals surface area contributed by atoms with E-state index in [-0.39, 0.29) is 17.9 Å². The number of hydrogen-bond acceptors (Lipinski definition) is 2. The first-order valence-corrected chi connectivity index (χ1v) is 4.58. The molecule has 0 aliphatic rings. The van der Waals surface area contributed by atoms with Crippen molar-refractivity contribution in [2.45, 2.75) is 33.7 Å². The van der Waals surface area contributed by atoms with E-state index in [2.05, 4.69) is 0 Å². The smallest absolute Gasteiger partial charge is 0.226 e. The molecular weight excluding hydrogens is 164 g/mol. The van der Waals surface area contributed by atoms with Crippen molar-refractivity contribution in [1.29, 1.82) is 5.26 Å². The highest BCUT2D eigenvalue weighted by Crippen LogP contribution is 2.13. The Labute approximate surface area is 80.3 Å². The Kier molecular flexibility index (Phi) is 4.47. The van der Waals surface area contributed by atoms with Gasteiger partial charge in [-0.05, 0) is 12.8 Å². The molecule has 0 N–H and O–H groups in total. The maximum absolute atomic E-state index is 11.7. The Morgan fingerprint density at radius 3 is 2.08 bits per heavy atom. The maximum atomic E-state index is 11.7. The van der Waals surface area contributed by atoms with E-state index in [0.29, 0.717) is 5.92 Å². The van der Waals surface area contributed by atoms with Gasteiger partial charge in [0, 0.05) is 13.0 Å². The van der Waals surface area contributed by atoms with Gasteiger partial charge in [-0.1, -0.05) is 20.8 Å².